The predicted octanol–water partition coefficient (Wildman–Crippen LogP) is 0.524. The van der Waals surface area contributed by atoms with Gasteiger partial charge >= 0.3 is 0 Å². The number of hydrogen-bond donors (Lipinski definition) is 3. The Balaban J connectivity index is 2.10. The molecule has 0 aliphatic rings. The molecule has 0 fully saturated rings. The van der Waals surface area contributed by atoms with Gasteiger partial charge in [0.2, 0.25) is 5.95 Å². The Morgan fingerprint density at radius 3 is 3.00 bits per heavy atom. The lowest BCUT2D eigenvalue weighted by molar-refractivity contribution is 0.102. The average Bonchev–Trinajstić information content (AvgIpc) is 2.75. The summed E-state index contributed by atoms with van der Waals surface area (Å²) in [7, 11) is 0. The zero-order valence-corrected chi connectivity index (χ0v) is 6.91. The number of rotatable bonds is 2. The quantitative estimate of drug-likeness (QED) is 0.653. The van der Waals surface area contributed by atoms with Crippen LogP contribution in [0.2, 0.25) is 0 Å². The van der Waals surface area contributed by atoms with Gasteiger partial charge in [-0.15, -0.1) is 0 Å². The standard InChI is InChI=1S/C7H6FN5O/c8-4-1-5(9-2-4)6(14)12-7-10-3-11-13-7/h1-3,9H,(H2,10,11,12,13,14). The fourth-order valence-electron chi connectivity index (χ4n) is 0.940. The summed E-state index contributed by atoms with van der Waals surface area (Å²) in [6.07, 6.45) is 2.35. The molecule has 2 aromatic heterocycles. The van der Waals surface area contributed by atoms with Crippen molar-refractivity contribution in [2.24, 2.45) is 0 Å². The molecule has 6 nitrogen and oxygen atoms in total. The van der Waals surface area contributed by atoms with Crippen LogP contribution in [0, 0.1) is 5.82 Å². The summed E-state index contributed by atoms with van der Waals surface area (Å²) in [5.74, 6) is -0.761. The van der Waals surface area contributed by atoms with Gasteiger partial charge in [-0.25, -0.2) is 9.49 Å². The van der Waals surface area contributed by atoms with Crippen molar-refractivity contribution in [1.29, 1.82) is 0 Å². The summed E-state index contributed by atoms with van der Waals surface area (Å²) in [6, 6.07) is 1.09. The minimum absolute atomic E-state index is 0.124. The summed E-state index contributed by atoms with van der Waals surface area (Å²) < 4.78 is 12.5. The van der Waals surface area contributed by atoms with Gasteiger partial charge in [0, 0.05) is 12.3 Å². The van der Waals surface area contributed by atoms with E-state index in [9.17, 15) is 9.18 Å². The Bertz CT molecular complexity index is 435. The van der Waals surface area contributed by atoms with Gasteiger partial charge in [0.15, 0.2) is 0 Å². The Morgan fingerprint density at radius 2 is 2.43 bits per heavy atom. The van der Waals surface area contributed by atoms with Gasteiger partial charge in [-0.3, -0.25) is 10.1 Å². The van der Waals surface area contributed by atoms with E-state index in [1.807, 2.05) is 0 Å². The molecule has 0 atom stereocenters. The van der Waals surface area contributed by atoms with Crippen LogP contribution in [0.1, 0.15) is 10.5 Å². The van der Waals surface area contributed by atoms with E-state index in [-0.39, 0.29) is 11.6 Å². The third-order valence-corrected chi connectivity index (χ3v) is 1.54. The zero-order valence-electron chi connectivity index (χ0n) is 6.91. The number of nitrogens with one attached hydrogen (secondary N) is 3. The van der Waals surface area contributed by atoms with Crippen LogP contribution in [0.3, 0.4) is 0 Å². The fourth-order valence-corrected chi connectivity index (χ4v) is 0.940. The number of H-pyrrole nitrogens is 2. The van der Waals surface area contributed by atoms with Crippen molar-refractivity contribution in [3.63, 3.8) is 0 Å². The van der Waals surface area contributed by atoms with Crippen molar-refractivity contribution in [3.05, 3.63) is 30.1 Å². The highest BCUT2D eigenvalue weighted by atomic mass is 19.1. The highest BCUT2D eigenvalue weighted by Crippen LogP contribution is 2.03. The van der Waals surface area contributed by atoms with Gasteiger partial charge in [0.1, 0.15) is 17.8 Å². The van der Waals surface area contributed by atoms with Gasteiger partial charge in [0.25, 0.3) is 5.91 Å². The number of nitrogens with zero attached hydrogens (tertiary/aromatic N) is 2. The predicted molar refractivity (Wildman–Crippen MR) is 45.1 cm³/mol. The number of halogens is 1. The van der Waals surface area contributed by atoms with Crippen molar-refractivity contribution in [1.82, 2.24) is 20.2 Å². The Kier molecular flexibility index (Phi) is 1.98. The minimum Gasteiger partial charge on any atom is -0.355 e. The molecule has 2 heterocycles. The molecule has 0 saturated carbocycles. The van der Waals surface area contributed by atoms with E-state index in [4.69, 9.17) is 0 Å². The van der Waals surface area contributed by atoms with E-state index >= 15 is 0 Å². The van der Waals surface area contributed by atoms with Crippen LogP contribution in [0.5, 0.6) is 0 Å². The normalized spacial score (nSPS) is 10.1. The first kappa shape index (κ1) is 8.42. The van der Waals surface area contributed by atoms with Crippen molar-refractivity contribution in [2.75, 3.05) is 5.32 Å². The molecule has 2 rings (SSSR count). The number of hydrogen-bond acceptors (Lipinski definition) is 3. The molecule has 0 saturated heterocycles. The van der Waals surface area contributed by atoms with Crippen LogP contribution in [-0.2, 0) is 0 Å². The second-order valence-corrected chi connectivity index (χ2v) is 2.52. The van der Waals surface area contributed by atoms with Crippen LogP contribution in [0.15, 0.2) is 18.6 Å². The van der Waals surface area contributed by atoms with Crippen molar-refractivity contribution in [2.45, 2.75) is 0 Å². The highest BCUT2D eigenvalue weighted by molar-refractivity contribution is 6.01. The van der Waals surface area contributed by atoms with E-state index in [1.54, 1.807) is 0 Å². The Labute approximate surface area is 77.6 Å². The molecular formula is C7H6FN5O. The van der Waals surface area contributed by atoms with E-state index < -0.39 is 11.7 Å². The smallest absolute Gasteiger partial charge is 0.274 e. The number of carbonyl (C=O) groups is 1. The van der Waals surface area contributed by atoms with Gasteiger partial charge in [-0.1, -0.05) is 0 Å². The van der Waals surface area contributed by atoms with E-state index in [1.165, 1.54) is 6.33 Å². The topological polar surface area (TPSA) is 86.5 Å². The number of amides is 1. The molecular weight excluding hydrogens is 189 g/mol. The lowest BCUT2D eigenvalue weighted by Crippen LogP contribution is -2.13. The van der Waals surface area contributed by atoms with Crippen LogP contribution in [0.25, 0.3) is 0 Å². The van der Waals surface area contributed by atoms with Crippen LogP contribution in [-0.4, -0.2) is 26.1 Å². The molecule has 0 radical (unpaired) electrons. The molecule has 7 heteroatoms. The summed E-state index contributed by atoms with van der Waals surface area (Å²) in [4.78, 5) is 17.5. The first-order chi connectivity index (χ1) is 6.75. The Hall–Kier alpha value is -2.18. The number of aromatic amines is 2. The molecule has 2 aromatic rings. The van der Waals surface area contributed by atoms with Gasteiger partial charge in [0.05, 0.1) is 0 Å². The summed E-state index contributed by atoms with van der Waals surface area (Å²) in [5, 5.41) is 8.37. The molecule has 0 aliphatic carbocycles. The molecule has 0 spiro atoms. The largest absolute Gasteiger partial charge is 0.355 e. The first-order valence-electron chi connectivity index (χ1n) is 3.76. The SMILES string of the molecule is O=C(Nc1ncn[nH]1)c1cc(F)c[nH]1. The maximum Gasteiger partial charge on any atom is 0.274 e. The van der Waals surface area contributed by atoms with Crippen molar-refractivity contribution >= 4 is 11.9 Å². The molecule has 72 valence electrons. The van der Waals surface area contributed by atoms with E-state index in [0.717, 1.165) is 12.3 Å². The average molecular weight is 195 g/mol. The minimum atomic E-state index is -0.493. The number of carbonyl (C=O) groups excluding carboxylic acids is 1. The van der Waals surface area contributed by atoms with E-state index in [0.29, 0.717) is 0 Å². The van der Waals surface area contributed by atoms with Crippen LogP contribution < -0.4 is 5.32 Å². The molecule has 1 amide bonds. The fraction of sp³-hybridized carbons (Fsp3) is 0. The summed E-state index contributed by atoms with van der Waals surface area (Å²) in [6.45, 7) is 0. The Morgan fingerprint density at radius 1 is 1.57 bits per heavy atom. The van der Waals surface area contributed by atoms with E-state index in [2.05, 4.69) is 25.5 Å². The maximum atomic E-state index is 12.5. The monoisotopic (exact) mass is 195 g/mol. The molecule has 0 aliphatic heterocycles. The van der Waals surface area contributed by atoms with Crippen LogP contribution in [0.4, 0.5) is 10.3 Å². The van der Waals surface area contributed by atoms with Crippen LogP contribution >= 0.6 is 0 Å². The molecule has 0 bridgehead atoms. The number of aromatic nitrogens is 4. The molecule has 0 unspecified atom stereocenters. The molecule has 3 N–H and O–H groups in total. The lowest BCUT2D eigenvalue weighted by Gasteiger charge is -1.96. The van der Waals surface area contributed by atoms with Crippen molar-refractivity contribution in [3.8, 4) is 0 Å². The molecule has 14 heavy (non-hydrogen) atoms. The van der Waals surface area contributed by atoms with Crippen molar-refractivity contribution < 1.29 is 9.18 Å². The van der Waals surface area contributed by atoms with Gasteiger partial charge in [-0.2, -0.15) is 10.1 Å². The summed E-state index contributed by atoms with van der Waals surface area (Å²) in [5.41, 5.74) is 0.124. The zero-order chi connectivity index (χ0) is 9.97. The van der Waals surface area contributed by atoms with Gasteiger partial charge in [-0.05, 0) is 0 Å². The first-order valence-corrected chi connectivity index (χ1v) is 3.76. The highest BCUT2D eigenvalue weighted by Gasteiger charge is 2.09. The summed E-state index contributed by atoms with van der Waals surface area (Å²) >= 11 is 0. The second kappa shape index (κ2) is 3.29. The second-order valence-electron chi connectivity index (χ2n) is 2.52. The van der Waals surface area contributed by atoms with Gasteiger partial charge < -0.3 is 4.98 Å². The maximum absolute atomic E-state index is 12.5. The number of anilines is 1. The third-order valence-electron chi connectivity index (χ3n) is 1.54. The lowest BCUT2D eigenvalue weighted by atomic mass is 10.4. The third kappa shape index (κ3) is 1.60. The molecule has 0 aromatic carbocycles.